The molecule has 0 heterocycles. The van der Waals surface area contributed by atoms with Gasteiger partial charge in [0.2, 0.25) is 5.91 Å². The molecule has 0 aliphatic heterocycles. The summed E-state index contributed by atoms with van der Waals surface area (Å²) in [6, 6.07) is -0.620. The number of carbonyl (C=O) groups excluding carboxylic acids is 1. The molecule has 0 aliphatic rings. The van der Waals surface area contributed by atoms with Crippen molar-refractivity contribution in [3.8, 4) is 0 Å². The van der Waals surface area contributed by atoms with Gasteiger partial charge in [-0.15, -0.1) is 0 Å². The smallest absolute Gasteiger partial charge is 0.220 e. The predicted molar refractivity (Wildman–Crippen MR) is 272 cm³/mol. The van der Waals surface area contributed by atoms with Gasteiger partial charge in [0.1, 0.15) is 0 Å². The number of carbonyl (C=O) groups is 1. The molecule has 1 amide bonds. The molecule has 0 rings (SSSR count). The highest BCUT2D eigenvalue weighted by atomic mass is 16.3. The topological polar surface area (TPSA) is 69.6 Å². The lowest BCUT2D eigenvalue weighted by Gasteiger charge is -2.20. The highest BCUT2D eigenvalue weighted by Crippen LogP contribution is 2.17. The first kappa shape index (κ1) is 59.6. The van der Waals surface area contributed by atoms with Crippen LogP contribution in [0.4, 0.5) is 0 Å². The number of aliphatic hydroxyl groups excluding tert-OH is 2. The second kappa shape index (κ2) is 53.0. The average molecular weight is 857 g/mol. The van der Waals surface area contributed by atoms with Gasteiger partial charge in [-0.05, 0) is 51.4 Å². The van der Waals surface area contributed by atoms with Gasteiger partial charge in [-0.2, -0.15) is 0 Å². The van der Waals surface area contributed by atoms with E-state index in [2.05, 4.69) is 43.5 Å². The Bertz CT molecular complexity index is 928. The summed E-state index contributed by atoms with van der Waals surface area (Å²) >= 11 is 0. The minimum atomic E-state index is -0.836. The van der Waals surface area contributed by atoms with Gasteiger partial charge in [0.15, 0.2) is 0 Å². The lowest BCUT2D eigenvalue weighted by atomic mass is 10.0. The van der Waals surface area contributed by atoms with E-state index in [1.165, 1.54) is 250 Å². The van der Waals surface area contributed by atoms with E-state index in [0.717, 1.165) is 32.1 Å². The molecule has 0 aromatic heterocycles. The maximum Gasteiger partial charge on any atom is 0.220 e. The highest BCUT2D eigenvalue weighted by molar-refractivity contribution is 5.76. The molecule has 0 fully saturated rings. The van der Waals surface area contributed by atoms with Crippen molar-refractivity contribution in [2.24, 2.45) is 0 Å². The van der Waals surface area contributed by atoms with Crippen molar-refractivity contribution >= 4 is 5.91 Å². The molecular formula is C57H109NO3. The van der Waals surface area contributed by atoms with E-state index >= 15 is 0 Å². The number of rotatable bonds is 51. The summed E-state index contributed by atoms with van der Waals surface area (Å²) in [4.78, 5) is 12.4. The third-order valence-electron chi connectivity index (χ3n) is 12.9. The Balaban J connectivity index is 3.41. The van der Waals surface area contributed by atoms with E-state index in [4.69, 9.17) is 0 Å². The van der Waals surface area contributed by atoms with Crippen LogP contribution in [0.5, 0.6) is 0 Å². The number of allylic oxidation sites excluding steroid dienone is 5. The quantitative estimate of drug-likeness (QED) is 0.0422. The van der Waals surface area contributed by atoms with Crippen LogP contribution in [-0.2, 0) is 4.79 Å². The number of hydrogen-bond donors (Lipinski definition) is 3. The summed E-state index contributed by atoms with van der Waals surface area (Å²) < 4.78 is 0. The second-order valence-electron chi connectivity index (χ2n) is 19.0. The molecular weight excluding hydrogens is 747 g/mol. The van der Waals surface area contributed by atoms with Gasteiger partial charge in [0, 0.05) is 6.42 Å². The van der Waals surface area contributed by atoms with Crippen LogP contribution in [0.3, 0.4) is 0 Å². The minimum absolute atomic E-state index is 0.0617. The summed E-state index contributed by atoms with van der Waals surface area (Å²) in [7, 11) is 0. The number of amides is 1. The van der Waals surface area contributed by atoms with Crippen LogP contribution in [-0.4, -0.2) is 34.9 Å². The summed E-state index contributed by atoms with van der Waals surface area (Å²) in [6.45, 7) is 4.32. The van der Waals surface area contributed by atoms with Gasteiger partial charge >= 0.3 is 0 Å². The fourth-order valence-electron chi connectivity index (χ4n) is 8.62. The summed E-state index contributed by atoms with van der Waals surface area (Å²) in [6.07, 6.45) is 71.7. The zero-order valence-electron chi connectivity index (χ0n) is 41.4. The van der Waals surface area contributed by atoms with Crippen molar-refractivity contribution in [2.45, 2.75) is 315 Å². The van der Waals surface area contributed by atoms with Gasteiger partial charge in [0.05, 0.1) is 18.8 Å². The molecule has 360 valence electrons. The van der Waals surface area contributed by atoms with Crippen LogP contribution < -0.4 is 5.32 Å². The molecule has 0 radical (unpaired) electrons. The lowest BCUT2D eigenvalue weighted by Crippen LogP contribution is -2.45. The van der Waals surface area contributed by atoms with Gasteiger partial charge < -0.3 is 15.5 Å². The summed E-state index contributed by atoms with van der Waals surface area (Å²) in [5, 5.41) is 23.0. The van der Waals surface area contributed by atoms with E-state index < -0.39 is 12.1 Å². The van der Waals surface area contributed by atoms with Crippen molar-refractivity contribution < 1.29 is 15.0 Å². The first-order chi connectivity index (χ1) is 30.2. The van der Waals surface area contributed by atoms with Gasteiger partial charge in [0.25, 0.3) is 0 Å². The zero-order valence-corrected chi connectivity index (χ0v) is 41.4. The molecule has 0 spiro atoms. The Hall–Kier alpha value is -1.39. The zero-order chi connectivity index (χ0) is 44.2. The number of hydrogen-bond acceptors (Lipinski definition) is 3. The SMILES string of the molecule is CCCCCCCCCCCC/C=C/C(O)C(CO)NC(=O)CCCCCCCCCCCCCCCCCCC/C=C\C/C=C\CCCCCCCCCCCCCCC. The minimum Gasteiger partial charge on any atom is -0.394 e. The molecule has 3 N–H and O–H groups in total. The second-order valence-corrected chi connectivity index (χ2v) is 19.0. The van der Waals surface area contributed by atoms with Crippen LogP contribution in [0.2, 0.25) is 0 Å². The molecule has 4 nitrogen and oxygen atoms in total. The van der Waals surface area contributed by atoms with E-state index in [1.807, 2.05) is 6.08 Å². The van der Waals surface area contributed by atoms with E-state index in [0.29, 0.717) is 6.42 Å². The first-order valence-electron chi connectivity index (χ1n) is 27.7. The van der Waals surface area contributed by atoms with Crippen LogP contribution >= 0.6 is 0 Å². The van der Waals surface area contributed by atoms with E-state index in [1.54, 1.807) is 6.08 Å². The average Bonchev–Trinajstić information content (AvgIpc) is 3.26. The van der Waals surface area contributed by atoms with Gasteiger partial charge in [-0.1, -0.05) is 281 Å². The Morgan fingerprint density at radius 1 is 0.393 bits per heavy atom. The molecule has 0 bridgehead atoms. The lowest BCUT2D eigenvalue weighted by molar-refractivity contribution is -0.123. The van der Waals surface area contributed by atoms with Crippen LogP contribution in [0, 0.1) is 0 Å². The normalized spacial score (nSPS) is 13.0. The Morgan fingerprint density at radius 2 is 0.672 bits per heavy atom. The molecule has 0 aromatic carbocycles. The van der Waals surface area contributed by atoms with Crippen LogP contribution in [0.1, 0.15) is 303 Å². The number of unbranched alkanes of at least 4 members (excludes halogenated alkanes) is 40. The standard InChI is InChI=1S/C57H109NO3/c1-3-5-7-9-11-13-15-17-18-19-20-21-22-23-24-25-26-27-28-29-30-31-32-33-34-35-36-37-38-39-40-41-43-45-47-49-51-53-57(61)58-55(54-59)56(60)52-50-48-46-44-42-16-14-12-10-8-6-4-2/h24-25,27-28,50,52,55-56,59-60H,3-23,26,29-49,51,53-54H2,1-2H3,(H,58,61)/b25-24-,28-27-,52-50+. The maximum absolute atomic E-state index is 12.4. The summed E-state index contributed by atoms with van der Waals surface area (Å²) in [5.74, 6) is -0.0617. The van der Waals surface area contributed by atoms with Crippen LogP contribution in [0.15, 0.2) is 36.5 Å². The predicted octanol–water partition coefficient (Wildman–Crippen LogP) is 18.1. The third-order valence-corrected chi connectivity index (χ3v) is 12.9. The largest absolute Gasteiger partial charge is 0.394 e. The van der Waals surface area contributed by atoms with E-state index in [-0.39, 0.29) is 12.5 Å². The van der Waals surface area contributed by atoms with Crippen molar-refractivity contribution in [2.75, 3.05) is 6.61 Å². The molecule has 2 unspecified atom stereocenters. The molecule has 61 heavy (non-hydrogen) atoms. The van der Waals surface area contributed by atoms with Crippen molar-refractivity contribution in [3.05, 3.63) is 36.5 Å². The first-order valence-corrected chi connectivity index (χ1v) is 27.7. The van der Waals surface area contributed by atoms with Gasteiger partial charge in [-0.3, -0.25) is 4.79 Å². The number of nitrogens with one attached hydrogen (secondary N) is 1. The molecule has 0 saturated heterocycles. The summed E-state index contributed by atoms with van der Waals surface area (Å²) in [5.41, 5.74) is 0. The molecule has 0 aliphatic carbocycles. The Kier molecular flexibility index (Phi) is 51.7. The Morgan fingerprint density at radius 3 is 0.984 bits per heavy atom. The monoisotopic (exact) mass is 856 g/mol. The van der Waals surface area contributed by atoms with Crippen LogP contribution in [0.25, 0.3) is 0 Å². The van der Waals surface area contributed by atoms with Crippen molar-refractivity contribution in [1.82, 2.24) is 5.32 Å². The highest BCUT2D eigenvalue weighted by Gasteiger charge is 2.18. The fourth-order valence-corrected chi connectivity index (χ4v) is 8.62. The van der Waals surface area contributed by atoms with Crippen molar-refractivity contribution in [1.29, 1.82) is 0 Å². The number of aliphatic hydroxyl groups is 2. The van der Waals surface area contributed by atoms with Gasteiger partial charge in [-0.25, -0.2) is 0 Å². The maximum atomic E-state index is 12.4. The molecule has 2 atom stereocenters. The molecule has 4 heteroatoms. The van der Waals surface area contributed by atoms with E-state index in [9.17, 15) is 15.0 Å². The van der Waals surface area contributed by atoms with Crippen molar-refractivity contribution in [3.63, 3.8) is 0 Å². The molecule has 0 aromatic rings. The fraction of sp³-hybridized carbons (Fsp3) is 0.877. The Labute approximate surface area is 382 Å². The molecule has 0 saturated carbocycles. The third kappa shape index (κ3) is 49.5.